The molecule has 1 saturated carbocycles. The van der Waals surface area contributed by atoms with Crippen LogP contribution in [0.2, 0.25) is 0 Å². The highest BCUT2D eigenvalue weighted by atomic mass is 35.5. The standard InChI is InChI=1S/C7H8ClF3/c1-3-5(2)4-6(9,10)7(5,8)11/h3H,1,4H2,2H3. The van der Waals surface area contributed by atoms with Crippen molar-refractivity contribution in [3.63, 3.8) is 0 Å². The van der Waals surface area contributed by atoms with Crippen LogP contribution in [-0.2, 0) is 0 Å². The van der Waals surface area contributed by atoms with Crippen molar-refractivity contribution in [2.75, 3.05) is 0 Å². The Morgan fingerprint density at radius 3 is 2.00 bits per heavy atom. The maximum absolute atomic E-state index is 13.0. The van der Waals surface area contributed by atoms with E-state index in [9.17, 15) is 13.2 Å². The zero-order chi connectivity index (χ0) is 8.91. The first kappa shape index (κ1) is 8.91. The molecule has 0 aliphatic heterocycles. The number of allylic oxidation sites excluding steroid dienone is 1. The summed E-state index contributed by atoms with van der Waals surface area (Å²) in [6, 6.07) is 0. The summed E-state index contributed by atoms with van der Waals surface area (Å²) in [7, 11) is 0. The second-order valence-electron chi connectivity index (χ2n) is 3.08. The summed E-state index contributed by atoms with van der Waals surface area (Å²) >= 11 is 5.02. The van der Waals surface area contributed by atoms with E-state index in [1.807, 2.05) is 0 Å². The Morgan fingerprint density at radius 1 is 1.45 bits per heavy atom. The van der Waals surface area contributed by atoms with Gasteiger partial charge in [0.05, 0.1) is 0 Å². The highest BCUT2D eigenvalue weighted by molar-refractivity contribution is 6.25. The normalized spacial score (nSPS) is 48.1. The average Bonchev–Trinajstić information content (AvgIpc) is 1.86. The molecule has 0 saturated heterocycles. The fourth-order valence-electron chi connectivity index (χ4n) is 1.19. The van der Waals surface area contributed by atoms with Crippen molar-refractivity contribution in [3.05, 3.63) is 12.7 Å². The minimum atomic E-state index is -3.42. The first-order valence-electron chi connectivity index (χ1n) is 3.16. The van der Waals surface area contributed by atoms with E-state index >= 15 is 0 Å². The van der Waals surface area contributed by atoms with E-state index in [2.05, 4.69) is 6.58 Å². The van der Waals surface area contributed by atoms with Gasteiger partial charge in [-0.2, -0.15) is 0 Å². The summed E-state index contributed by atoms with van der Waals surface area (Å²) in [5.74, 6) is -3.42. The molecule has 0 spiro atoms. The van der Waals surface area contributed by atoms with Crippen LogP contribution in [0.25, 0.3) is 0 Å². The zero-order valence-corrected chi connectivity index (χ0v) is 6.76. The lowest BCUT2D eigenvalue weighted by Crippen LogP contribution is -2.63. The van der Waals surface area contributed by atoms with Gasteiger partial charge in [-0.05, 0) is 0 Å². The molecule has 1 aliphatic carbocycles. The minimum Gasteiger partial charge on any atom is -0.219 e. The predicted molar refractivity (Wildman–Crippen MR) is 37.6 cm³/mol. The number of rotatable bonds is 1. The van der Waals surface area contributed by atoms with Gasteiger partial charge in [0.25, 0.3) is 11.1 Å². The van der Waals surface area contributed by atoms with Crippen LogP contribution in [0.5, 0.6) is 0 Å². The number of halogens is 4. The van der Waals surface area contributed by atoms with Gasteiger partial charge < -0.3 is 0 Å². The molecule has 0 amide bonds. The molecule has 11 heavy (non-hydrogen) atoms. The highest BCUT2D eigenvalue weighted by Crippen LogP contribution is 2.64. The number of hydrogen-bond donors (Lipinski definition) is 0. The van der Waals surface area contributed by atoms with Crippen molar-refractivity contribution in [1.82, 2.24) is 0 Å². The molecule has 0 nitrogen and oxygen atoms in total. The van der Waals surface area contributed by atoms with Crippen LogP contribution in [0.15, 0.2) is 12.7 Å². The van der Waals surface area contributed by atoms with E-state index in [1.165, 1.54) is 6.92 Å². The number of hydrogen-bond acceptors (Lipinski definition) is 0. The summed E-state index contributed by atoms with van der Waals surface area (Å²) in [5.41, 5.74) is -1.29. The topological polar surface area (TPSA) is 0 Å². The van der Waals surface area contributed by atoms with Gasteiger partial charge in [0.15, 0.2) is 0 Å². The van der Waals surface area contributed by atoms with E-state index in [-0.39, 0.29) is 0 Å². The third-order valence-corrected chi connectivity index (χ3v) is 2.92. The van der Waals surface area contributed by atoms with E-state index in [4.69, 9.17) is 11.6 Å². The molecular formula is C7H8ClF3. The van der Waals surface area contributed by atoms with Crippen LogP contribution in [0.4, 0.5) is 13.2 Å². The predicted octanol–water partition coefficient (Wildman–Crippen LogP) is 3.12. The Kier molecular flexibility index (Phi) is 1.58. The quantitative estimate of drug-likeness (QED) is 0.434. The minimum absolute atomic E-state index is 0.566. The average molecular weight is 185 g/mol. The van der Waals surface area contributed by atoms with Crippen LogP contribution in [0.3, 0.4) is 0 Å². The van der Waals surface area contributed by atoms with Crippen molar-refractivity contribution in [3.8, 4) is 0 Å². The van der Waals surface area contributed by atoms with Gasteiger partial charge in [0, 0.05) is 11.8 Å². The molecule has 0 aromatic heterocycles. The van der Waals surface area contributed by atoms with Crippen LogP contribution < -0.4 is 0 Å². The Balaban J connectivity index is 2.93. The fraction of sp³-hybridized carbons (Fsp3) is 0.714. The molecule has 0 N–H and O–H groups in total. The van der Waals surface area contributed by atoms with Crippen molar-refractivity contribution in [2.24, 2.45) is 5.41 Å². The van der Waals surface area contributed by atoms with Gasteiger partial charge in [-0.15, -0.1) is 6.58 Å². The Morgan fingerprint density at radius 2 is 1.91 bits per heavy atom. The molecule has 1 fully saturated rings. The summed E-state index contributed by atoms with van der Waals surface area (Å²) in [6.07, 6.45) is 0.570. The van der Waals surface area contributed by atoms with Crippen molar-refractivity contribution in [1.29, 1.82) is 0 Å². The molecule has 0 heterocycles. The molecule has 4 heteroatoms. The maximum Gasteiger partial charge on any atom is 0.297 e. The van der Waals surface area contributed by atoms with Crippen LogP contribution >= 0.6 is 11.6 Å². The Labute approximate surface area is 68.0 Å². The van der Waals surface area contributed by atoms with Gasteiger partial charge in [0.1, 0.15) is 0 Å². The lowest BCUT2D eigenvalue weighted by molar-refractivity contribution is -0.231. The molecular weight excluding hydrogens is 177 g/mol. The summed E-state index contributed by atoms with van der Waals surface area (Å²) in [6.45, 7) is 4.58. The summed E-state index contributed by atoms with van der Waals surface area (Å²) in [5, 5.41) is -2.96. The second-order valence-corrected chi connectivity index (χ2v) is 3.60. The fourth-order valence-corrected chi connectivity index (χ4v) is 1.41. The first-order chi connectivity index (χ1) is 4.77. The van der Waals surface area contributed by atoms with E-state index in [0.29, 0.717) is 0 Å². The molecule has 2 atom stereocenters. The smallest absolute Gasteiger partial charge is 0.219 e. The summed E-state index contributed by atoms with van der Waals surface area (Å²) in [4.78, 5) is 0. The highest BCUT2D eigenvalue weighted by Gasteiger charge is 2.74. The maximum atomic E-state index is 13.0. The molecule has 0 bridgehead atoms. The lowest BCUT2D eigenvalue weighted by Gasteiger charge is -2.52. The van der Waals surface area contributed by atoms with Gasteiger partial charge in [0.2, 0.25) is 0 Å². The van der Waals surface area contributed by atoms with Crippen molar-refractivity contribution < 1.29 is 13.2 Å². The SMILES string of the molecule is C=CC1(C)CC(F)(F)C1(F)Cl. The first-order valence-corrected chi connectivity index (χ1v) is 3.54. The molecule has 1 rings (SSSR count). The lowest BCUT2D eigenvalue weighted by atomic mass is 9.65. The largest absolute Gasteiger partial charge is 0.297 e. The van der Waals surface area contributed by atoms with E-state index in [0.717, 1.165) is 6.08 Å². The third kappa shape index (κ3) is 0.835. The monoisotopic (exact) mass is 184 g/mol. The zero-order valence-electron chi connectivity index (χ0n) is 6.00. The Hall–Kier alpha value is -0.180. The van der Waals surface area contributed by atoms with Gasteiger partial charge >= 0.3 is 0 Å². The Bertz CT molecular complexity index is 200. The van der Waals surface area contributed by atoms with Gasteiger partial charge in [-0.1, -0.05) is 24.6 Å². The molecule has 1 aliphatic rings. The number of alkyl halides is 4. The van der Waals surface area contributed by atoms with Gasteiger partial charge in [-0.3, -0.25) is 0 Å². The molecule has 0 radical (unpaired) electrons. The van der Waals surface area contributed by atoms with E-state index < -0.39 is 22.9 Å². The molecule has 0 aromatic carbocycles. The van der Waals surface area contributed by atoms with Crippen molar-refractivity contribution >= 4 is 11.6 Å². The second kappa shape index (κ2) is 1.94. The third-order valence-electron chi connectivity index (χ3n) is 2.22. The van der Waals surface area contributed by atoms with Crippen LogP contribution in [-0.4, -0.2) is 11.1 Å². The summed E-state index contributed by atoms with van der Waals surface area (Å²) < 4.78 is 37.9. The van der Waals surface area contributed by atoms with Crippen LogP contribution in [0, 0.1) is 5.41 Å². The molecule has 0 aromatic rings. The molecule has 64 valence electrons. The van der Waals surface area contributed by atoms with E-state index in [1.54, 1.807) is 0 Å². The van der Waals surface area contributed by atoms with Gasteiger partial charge in [-0.25, -0.2) is 13.2 Å². The van der Waals surface area contributed by atoms with Crippen LogP contribution in [0.1, 0.15) is 13.3 Å². The molecule has 2 unspecified atom stereocenters. The van der Waals surface area contributed by atoms with Crippen molar-refractivity contribution in [2.45, 2.75) is 24.4 Å².